The molecule has 0 fully saturated rings. The second-order valence-corrected chi connectivity index (χ2v) is 6.72. The molecule has 0 saturated carbocycles. The molecule has 0 aliphatic heterocycles. The lowest BCUT2D eigenvalue weighted by molar-refractivity contribution is -0.112. The van der Waals surface area contributed by atoms with Gasteiger partial charge in [-0.3, -0.25) is 4.79 Å². The average molecular weight is 400 g/mol. The Hall–Kier alpha value is -3.78. The van der Waals surface area contributed by atoms with Crippen LogP contribution in [-0.2, 0) is 4.79 Å². The van der Waals surface area contributed by atoms with Crippen molar-refractivity contribution < 1.29 is 14.3 Å². The van der Waals surface area contributed by atoms with Crippen molar-refractivity contribution in [2.75, 3.05) is 18.5 Å². The van der Waals surface area contributed by atoms with E-state index in [2.05, 4.69) is 5.32 Å². The molecule has 152 valence electrons. The molecule has 5 nitrogen and oxygen atoms in total. The molecule has 1 amide bonds. The van der Waals surface area contributed by atoms with Gasteiger partial charge in [-0.15, -0.1) is 0 Å². The van der Waals surface area contributed by atoms with Crippen LogP contribution < -0.4 is 14.8 Å². The van der Waals surface area contributed by atoms with Crippen LogP contribution in [0.1, 0.15) is 25.0 Å². The summed E-state index contributed by atoms with van der Waals surface area (Å²) in [6.07, 6.45) is 1.58. The molecule has 0 atom stereocenters. The number of amides is 1. The van der Waals surface area contributed by atoms with Gasteiger partial charge in [0.1, 0.15) is 23.1 Å². The Morgan fingerprint density at radius 1 is 1.03 bits per heavy atom. The lowest BCUT2D eigenvalue weighted by atomic mass is 10.0. The third-order valence-corrected chi connectivity index (χ3v) is 4.57. The number of benzene rings is 3. The zero-order chi connectivity index (χ0) is 21.5. The van der Waals surface area contributed by atoms with Crippen molar-refractivity contribution in [1.29, 1.82) is 5.26 Å². The van der Waals surface area contributed by atoms with Crippen molar-refractivity contribution in [3.63, 3.8) is 0 Å². The fourth-order valence-corrected chi connectivity index (χ4v) is 3.12. The van der Waals surface area contributed by atoms with E-state index < -0.39 is 5.91 Å². The molecule has 0 radical (unpaired) electrons. The number of fused-ring (bicyclic) bond motifs is 1. The lowest BCUT2D eigenvalue weighted by Crippen LogP contribution is -2.13. The smallest absolute Gasteiger partial charge is 0.266 e. The summed E-state index contributed by atoms with van der Waals surface area (Å²) in [4.78, 5) is 12.7. The van der Waals surface area contributed by atoms with Gasteiger partial charge in [0.25, 0.3) is 5.91 Å². The Labute approximate surface area is 176 Å². The van der Waals surface area contributed by atoms with Gasteiger partial charge in [-0.05, 0) is 68.0 Å². The van der Waals surface area contributed by atoms with E-state index in [4.69, 9.17) is 9.47 Å². The zero-order valence-electron chi connectivity index (χ0n) is 17.4. The second-order valence-electron chi connectivity index (χ2n) is 6.72. The normalized spacial score (nSPS) is 11.1. The minimum atomic E-state index is -0.471. The van der Waals surface area contributed by atoms with Gasteiger partial charge in [-0.2, -0.15) is 5.26 Å². The Balaban J connectivity index is 2.06. The first kappa shape index (κ1) is 20.9. The number of ether oxygens (including phenoxy) is 2. The Morgan fingerprint density at radius 3 is 2.40 bits per heavy atom. The van der Waals surface area contributed by atoms with Crippen LogP contribution in [-0.4, -0.2) is 19.1 Å². The van der Waals surface area contributed by atoms with Crippen molar-refractivity contribution in [3.8, 4) is 17.6 Å². The topological polar surface area (TPSA) is 71.3 Å². The Kier molecular flexibility index (Phi) is 6.71. The zero-order valence-corrected chi connectivity index (χ0v) is 17.4. The number of hydrogen-bond donors (Lipinski definition) is 1. The van der Waals surface area contributed by atoms with Crippen LogP contribution in [0.4, 0.5) is 5.69 Å². The van der Waals surface area contributed by atoms with Crippen LogP contribution in [0.25, 0.3) is 16.8 Å². The third-order valence-electron chi connectivity index (χ3n) is 4.57. The van der Waals surface area contributed by atoms with Crippen molar-refractivity contribution in [2.24, 2.45) is 0 Å². The van der Waals surface area contributed by atoms with Crippen molar-refractivity contribution >= 4 is 28.4 Å². The Bertz CT molecular complexity index is 1120. The Morgan fingerprint density at radius 2 is 1.73 bits per heavy atom. The molecule has 0 saturated heterocycles. The van der Waals surface area contributed by atoms with E-state index in [9.17, 15) is 10.1 Å². The van der Waals surface area contributed by atoms with Gasteiger partial charge in [-0.25, -0.2) is 0 Å². The molecule has 0 aromatic heterocycles. The summed E-state index contributed by atoms with van der Waals surface area (Å²) in [5.41, 5.74) is 2.39. The molecule has 3 aromatic rings. The SMILES string of the molecule is CCOc1ccc2ccc(OCC)c(/C=C(/C#N)C(=O)Nc3ccc(C)cc3)c2c1. The summed E-state index contributed by atoms with van der Waals surface area (Å²) >= 11 is 0. The average Bonchev–Trinajstić information content (AvgIpc) is 2.75. The van der Waals surface area contributed by atoms with Gasteiger partial charge in [0.2, 0.25) is 0 Å². The molecule has 1 N–H and O–H groups in total. The quantitative estimate of drug-likeness (QED) is 0.420. The number of rotatable bonds is 7. The number of nitrogens with one attached hydrogen (secondary N) is 1. The van der Waals surface area contributed by atoms with Crippen LogP contribution >= 0.6 is 0 Å². The first-order valence-electron chi connectivity index (χ1n) is 9.87. The van der Waals surface area contributed by atoms with E-state index >= 15 is 0 Å². The highest BCUT2D eigenvalue weighted by molar-refractivity contribution is 6.11. The fraction of sp³-hybridized carbons (Fsp3) is 0.200. The van der Waals surface area contributed by atoms with Gasteiger partial charge < -0.3 is 14.8 Å². The molecule has 0 aliphatic carbocycles. The molecule has 5 heteroatoms. The van der Waals surface area contributed by atoms with E-state index in [0.717, 1.165) is 22.1 Å². The van der Waals surface area contributed by atoms with Crippen LogP contribution in [0.15, 0.2) is 60.2 Å². The minimum absolute atomic E-state index is 0.00848. The first-order chi connectivity index (χ1) is 14.5. The van der Waals surface area contributed by atoms with Crippen LogP contribution in [0.5, 0.6) is 11.5 Å². The van der Waals surface area contributed by atoms with Crippen molar-refractivity contribution in [2.45, 2.75) is 20.8 Å². The molecule has 3 rings (SSSR count). The molecule has 0 spiro atoms. The van der Waals surface area contributed by atoms with Crippen LogP contribution in [0, 0.1) is 18.3 Å². The summed E-state index contributed by atoms with van der Waals surface area (Å²) in [7, 11) is 0. The highest BCUT2D eigenvalue weighted by atomic mass is 16.5. The van der Waals surface area contributed by atoms with E-state index in [1.807, 2.05) is 69.3 Å². The van der Waals surface area contributed by atoms with Gasteiger partial charge in [0.05, 0.1) is 13.2 Å². The summed E-state index contributed by atoms with van der Waals surface area (Å²) in [5, 5.41) is 14.3. The summed E-state index contributed by atoms with van der Waals surface area (Å²) in [6, 6.07) is 19.0. The van der Waals surface area contributed by atoms with Crippen molar-refractivity contribution in [3.05, 3.63) is 71.3 Å². The standard InChI is InChI=1S/C25H24N2O3/c1-4-29-21-12-8-18-9-13-24(30-5-2)23(22(18)15-21)14-19(16-26)25(28)27-20-10-6-17(3)7-11-20/h6-15H,4-5H2,1-3H3,(H,27,28)/b19-14-. The van der Waals surface area contributed by atoms with E-state index in [1.165, 1.54) is 0 Å². The van der Waals surface area contributed by atoms with E-state index in [0.29, 0.717) is 30.2 Å². The second kappa shape index (κ2) is 9.62. The number of nitriles is 1. The van der Waals surface area contributed by atoms with Crippen LogP contribution in [0.3, 0.4) is 0 Å². The van der Waals surface area contributed by atoms with Crippen molar-refractivity contribution in [1.82, 2.24) is 0 Å². The molecule has 3 aromatic carbocycles. The highest BCUT2D eigenvalue weighted by Crippen LogP contribution is 2.33. The predicted octanol–water partition coefficient (Wildman–Crippen LogP) is 5.49. The highest BCUT2D eigenvalue weighted by Gasteiger charge is 2.14. The van der Waals surface area contributed by atoms with E-state index in [1.54, 1.807) is 18.2 Å². The summed E-state index contributed by atoms with van der Waals surface area (Å²) < 4.78 is 11.4. The van der Waals surface area contributed by atoms with Gasteiger partial charge >= 0.3 is 0 Å². The largest absolute Gasteiger partial charge is 0.494 e. The number of nitrogens with zero attached hydrogens (tertiary/aromatic N) is 1. The number of hydrogen-bond acceptors (Lipinski definition) is 4. The van der Waals surface area contributed by atoms with E-state index in [-0.39, 0.29) is 5.57 Å². The van der Waals surface area contributed by atoms with Gasteiger partial charge in [0, 0.05) is 11.3 Å². The maximum absolute atomic E-state index is 12.7. The molecular weight excluding hydrogens is 376 g/mol. The number of aryl methyl sites for hydroxylation is 1. The number of carbonyl (C=O) groups excluding carboxylic acids is 1. The predicted molar refractivity (Wildman–Crippen MR) is 120 cm³/mol. The van der Waals surface area contributed by atoms with Gasteiger partial charge in [-0.1, -0.05) is 29.8 Å². The molecule has 0 bridgehead atoms. The number of carbonyl (C=O) groups is 1. The summed E-state index contributed by atoms with van der Waals surface area (Å²) in [5.74, 6) is 0.854. The third kappa shape index (κ3) is 4.79. The maximum Gasteiger partial charge on any atom is 0.266 e. The molecule has 0 aliphatic rings. The molecule has 30 heavy (non-hydrogen) atoms. The maximum atomic E-state index is 12.7. The lowest BCUT2D eigenvalue weighted by Gasteiger charge is -2.13. The molecular formula is C25H24N2O3. The number of anilines is 1. The molecule has 0 unspecified atom stereocenters. The fourth-order valence-electron chi connectivity index (χ4n) is 3.12. The minimum Gasteiger partial charge on any atom is -0.494 e. The first-order valence-corrected chi connectivity index (χ1v) is 9.87. The monoisotopic (exact) mass is 400 g/mol. The van der Waals surface area contributed by atoms with Crippen LogP contribution in [0.2, 0.25) is 0 Å². The van der Waals surface area contributed by atoms with Gasteiger partial charge in [0.15, 0.2) is 0 Å². The summed E-state index contributed by atoms with van der Waals surface area (Å²) in [6.45, 7) is 6.80. The molecule has 0 heterocycles.